The maximum Gasteiger partial charge on any atom is 0.0947 e. The van der Waals surface area contributed by atoms with Crippen molar-refractivity contribution >= 4 is 5.97 Å². The molecule has 0 saturated carbocycles. The Kier molecular flexibility index (Phi) is 5.25. The lowest BCUT2D eigenvalue weighted by Crippen LogP contribution is -2.63. The second-order valence-corrected chi connectivity index (χ2v) is 6.88. The van der Waals surface area contributed by atoms with Gasteiger partial charge in [-0.25, -0.2) is 0 Å². The largest absolute Gasteiger partial charge is 0.550 e. The first-order valence-corrected chi connectivity index (χ1v) is 7.75. The summed E-state index contributed by atoms with van der Waals surface area (Å²) < 4.78 is 6.13. The maximum atomic E-state index is 11.2. The van der Waals surface area contributed by atoms with Crippen LogP contribution in [0, 0.1) is 5.92 Å². The summed E-state index contributed by atoms with van der Waals surface area (Å²) in [6.45, 7) is 9.57. The summed E-state index contributed by atoms with van der Waals surface area (Å²) in [6.07, 6.45) is 4.12. The van der Waals surface area contributed by atoms with E-state index in [1.165, 1.54) is 0 Å². The molecule has 1 rings (SSSR count). The number of hydrogen-bond acceptors (Lipinski definition) is 4. The van der Waals surface area contributed by atoms with Crippen LogP contribution in [0.5, 0.6) is 0 Å². The van der Waals surface area contributed by atoms with Crippen molar-refractivity contribution in [1.29, 1.82) is 0 Å². The van der Waals surface area contributed by atoms with Gasteiger partial charge in [0.05, 0.1) is 16.8 Å². The van der Waals surface area contributed by atoms with Crippen LogP contribution in [0.3, 0.4) is 0 Å². The molecule has 0 aromatic heterocycles. The number of carbonyl (C=O) groups excluding carboxylic acids is 1. The molecule has 1 aliphatic rings. The van der Waals surface area contributed by atoms with Gasteiger partial charge in [0.1, 0.15) is 0 Å². The third-order valence-corrected chi connectivity index (χ3v) is 4.83. The van der Waals surface area contributed by atoms with Gasteiger partial charge in [0.2, 0.25) is 0 Å². The van der Waals surface area contributed by atoms with Crippen LogP contribution in [-0.2, 0) is 9.53 Å². The molecular formula is C16H29O4-. The van der Waals surface area contributed by atoms with Crippen molar-refractivity contribution in [3.63, 3.8) is 0 Å². The van der Waals surface area contributed by atoms with Crippen LogP contribution in [0.4, 0.5) is 0 Å². The van der Waals surface area contributed by atoms with Gasteiger partial charge in [-0.05, 0) is 46.5 Å². The number of aliphatic carboxylic acids is 1. The first-order chi connectivity index (χ1) is 9.12. The number of rotatable bonds is 6. The van der Waals surface area contributed by atoms with Gasteiger partial charge < -0.3 is 19.7 Å². The van der Waals surface area contributed by atoms with Gasteiger partial charge in [-0.2, -0.15) is 0 Å². The lowest BCUT2D eigenvalue weighted by atomic mass is 9.69. The molecule has 20 heavy (non-hydrogen) atoms. The van der Waals surface area contributed by atoms with E-state index < -0.39 is 28.7 Å². The molecule has 0 aromatic rings. The summed E-state index contributed by atoms with van der Waals surface area (Å²) in [6, 6.07) is 0. The molecule has 1 saturated heterocycles. The minimum Gasteiger partial charge on any atom is -0.550 e. The molecule has 1 heterocycles. The zero-order valence-electron chi connectivity index (χ0n) is 13.5. The number of ether oxygens (including phenoxy) is 1. The van der Waals surface area contributed by atoms with Crippen LogP contribution in [0.25, 0.3) is 0 Å². The van der Waals surface area contributed by atoms with Crippen LogP contribution >= 0.6 is 0 Å². The van der Waals surface area contributed by atoms with Crippen LogP contribution in [0.15, 0.2) is 0 Å². The molecule has 0 unspecified atom stereocenters. The van der Waals surface area contributed by atoms with Gasteiger partial charge in [0, 0.05) is 11.9 Å². The highest BCUT2D eigenvalue weighted by Gasteiger charge is 2.53. The molecule has 118 valence electrons. The Morgan fingerprint density at radius 1 is 1.30 bits per heavy atom. The number of carbonyl (C=O) groups is 1. The third kappa shape index (κ3) is 3.17. The molecule has 1 N–H and O–H groups in total. The molecule has 0 bridgehead atoms. The number of carboxylic acid groups (broad SMARTS) is 1. The molecule has 0 amide bonds. The van der Waals surface area contributed by atoms with E-state index in [9.17, 15) is 15.0 Å². The molecule has 1 fully saturated rings. The molecule has 0 aliphatic carbocycles. The Morgan fingerprint density at radius 3 is 2.15 bits per heavy atom. The molecule has 2 atom stereocenters. The predicted molar refractivity (Wildman–Crippen MR) is 76.1 cm³/mol. The van der Waals surface area contributed by atoms with Gasteiger partial charge in [0.25, 0.3) is 0 Å². The van der Waals surface area contributed by atoms with E-state index in [0.717, 1.165) is 12.8 Å². The SMILES string of the molecule is CCCC(O)(CCC)[C@]1(C)CC[C@H](C(=O)[O-])C(C)(C)O1. The highest BCUT2D eigenvalue weighted by molar-refractivity contribution is 5.69. The fourth-order valence-electron chi connectivity index (χ4n) is 3.68. The van der Waals surface area contributed by atoms with Crippen molar-refractivity contribution in [3.05, 3.63) is 0 Å². The summed E-state index contributed by atoms with van der Waals surface area (Å²) in [7, 11) is 0. The number of carboxylic acids is 1. The lowest BCUT2D eigenvalue weighted by molar-refractivity contribution is -0.331. The fraction of sp³-hybridized carbons (Fsp3) is 0.938. The standard InChI is InChI=1S/C16H30O4/c1-6-9-16(19,10-7-2)15(5)11-8-12(13(17)18)14(3,4)20-15/h12,19H,6-11H2,1-5H3,(H,17,18)/p-1/t12-,15+/m1/s1. The molecule has 0 radical (unpaired) electrons. The zero-order valence-corrected chi connectivity index (χ0v) is 13.5. The van der Waals surface area contributed by atoms with Crippen LogP contribution in [-0.4, -0.2) is 27.9 Å². The van der Waals surface area contributed by atoms with E-state index in [1.54, 1.807) is 13.8 Å². The second kappa shape index (κ2) is 6.02. The van der Waals surface area contributed by atoms with Crippen molar-refractivity contribution in [3.8, 4) is 0 Å². The second-order valence-electron chi connectivity index (χ2n) is 6.88. The highest BCUT2D eigenvalue weighted by atomic mass is 16.5. The summed E-state index contributed by atoms with van der Waals surface area (Å²) >= 11 is 0. The van der Waals surface area contributed by atoms with Crippen LogP contribution in [0.2, 0.25) is 0 Å². The average Bonchev–Trinajstić information content (AvgIpc) is 2.27. The summed E-state index contributed by atoms with van der Waals surface area (Å²) in [5, 5.41) is 22.3. The molecule has 0 aromatic carbocycles. The third-order valence-electron chi connectivity index (χ3n) is 4.83. The van der Waals surface area contributed by atoms with Crippen LogP contribution < -0.4 is 5.11 Å². The van der Waals surface area contributed by atoms with E-state index in [4.69, 9.17) is 4.74 Å². The van der Waals surface area contributed by atoms with E-state index in [-0.39, 0.29) is 0 Å². The quantitative estimate of drug-likeness (QED) is 0.810. The van der Waals surface area contributed by atoms with E-state index in [0.29, 0.717) is 25.7 Å². The highest BCUT2D eigenvalue weighted by Crippen LogP contribution is 2.47. The van der Waals surface area contributed by atoms with Crippen molar-refractivity contribution in [1.82, 2.24) is 0 Å². The van der Waals surface area contributed by atoms with Crippen LogP contribution in [0.1, 0.15) is 73.1 Å². The fourth-order valence-corrected chi connectivity index (χ4v) is 3.68. The van der Waals surface area contributed by atoms with Crippen molar-refractivity contribution in [2.45, 2.75) is 89.9 Å². The van der Waals surface area contributed by atoms with E-state index in [2.05, 4.69) is 0 Å². The number of aliphatic hydroxyl groups is 1. The lowest BCUT2D eigenvalue weighted by Gasteiger charge is -2.55. The summed E-state index contributed by atoms with van der Waals surface area (Å²) in [4.78, 5) is 11.2. The molecular weight excluding hydrogens is 256 g/mol. The van der Waals surface area contributed by atoms with E-state index in [1.807, 2.05) is 20.8 Å². The summed E-state index contributed by atoms with van der Waals surface area (Å²) in [5.41, 5.74) is -2.42. The Hall–Kier alpha value is -0.610. The number of hydrogen-bond donors (Lipinski definition) is 1. The molecule has 1 aliphatic heterocycles. The van der Waals surface area contributed by atoms with Crippen molar-refractivity contribution in [2.24, 2.45) is 5.92 Å². The predicted octanol–water partition coefficient (Wildman–Crippen LogP) is 2.03. The Bertz CT molecular complexity index is 344. The van der Waals surface area contributed by atoms with E-state index >= 15 is 0 Å². The normalized spacial score (nSPS) is 30.2. The minimum atomic E-state index is -1.06. The van der Waals surface area contributed by atoms with Gasteiger partial charge in [0.15, 0.2) is 0 Å². The zero-order chi connectivity index (χ0) is 15.6. The smallest absolute Gasteiger partial charge is 0.0947 e. The first kappa shape index (κ1) is 17.4. The topological polar surface area (TPSA) is 69.6 Å². The van der Waals surface area contributed by atoms with Gasteiger partial charge in [-0.15, -0.1) is 0 Å². The Balaban J connectivity index is 3.02. The Labute approximate surface area is 122 Å². The Morgan fingerprint density at radius 2 is 1.80 bits per heavy atom. The first-order valence-electron chi connectivity index (χ1n) is 7.75. The maximum absolute atomic E-state index is 11.2. The van der Waals surface area contributed by atoms with Gasteiger partial charge in [-0.3, -0.25) is 0 Å². The molecule has 0 spiro atoms. The van der Waals surface area contributed by atoms with Crippen molar-refractivity contribution < 1.29 is 19.7 Å². The minimum absolute atomic E-state index is 0.488. The molecule has 4 nitrogen and oxygen atoms in total. The summed E-state index contributed by atoms with van der Waals surface area (Å²) in [5.74, 6) is -1.69. The average molecular weight is 285 g/mol. The van der Waals surface area contributed by atoms with Gasteiger partial charge >= 0.3 is 0 Å². The monoisotopic (exact) mass is 285 g/mol. The molecule has 4 heteroatoms. The van der Waals surface area contributed by atoms with Crippen molar-refractivity contribution in [2.75, 3.05) is 0 Å². The van der Waals surface area contributed by atoms with Gasteiger partial charge in [-0.1, -0.05) is 26.7 Å².